The normalized spacial score (nSPS) is 11.7. The van der Waals surface area contributed by atoms with Crippen LogP contribution in [0.15, 0.2) is 41.4 Å². The summed E-state index contributed by atoms with van der Waals surface area (Å²) >= 11 is 1.39. The fourth-order valence-electron chi connectivity index (χ4n) is 3.22. The Hall–Kier alpha value is -2.93. The molecule has 0 radical (unpaired) electrons. The van der Waals surface area contributed by atoms with Gasteiger partial charge >= 0.3 is 5.97 Å². The summed E-state index contributed by atoms with van der Waals surface area (Å²) < 4.78 is 13.3. The molecule has 2 aromatic carbocycles. The number of methoxy groups -OCH3 is 1. The number of thiazole rings is 1. The Morgan fingerprint density at radius 2 is 1.97 bits per heavy atom. The predicted octanol–water partition coefficient (Wildman–Crippen LogP) is 4.41. The number of benzene rings is 2. The van der Waals surface area contributed by atoms with Crippen LogP contribution < -0.4 is 9.54 Å². The predicted molar refractivity (Wildman–Crippen MR) is 118 cm³/mol. The molecule has 158 valence electrons. The lowest BCUT2D eigenvalue weighted by Crippen LogP contribution is -2.22. The number of carbonyl (C=O) groups excluding carboxylic acids is 2. The third-order valence-electron chi connectivity index (χ3n) is 4.67. The van der Waals surface area contributed by atoms with E-state index >= 15 is 0 Å². The molecule has 0 saturated carbocycles. The molecule has 0 saturated heterocycles. The maximum atomic E-state index is 12.9. The standard InChI is InChI=1S/C23H26N2O4S/c1-5-6-10-29-18-9-7-8-17(13-18)22(27)24-23-25(14-20(26)28-4)21-16(3)11-15(2)12-19(21)30-23/h7-9,11-13H,5-6,10,14H2,1-4H3. The average molecular weight is 427 g/mol. The SMILES string of the molecule is CCCCOc1cccc(C(=O)N=c2sc3cc(C)cc(C)c3n2CC(=O)OC)c1. The van der Waals surface area contributed by atoms with Gasteiger partial charge < -0.3 is 14.0 Å². The molecule has 6 nitrogen and oxygen atoms in total. The first-order valence-corrected chi connectivity index (χ1v) is 10.7. The molecular formula is C23H26N2O4S. The fourth-order valence-corrected chi connectivity index (χ4v) is 4.43. The molecule has 0 unspecified atom stereocenters. The van der Waals surface area contributed by atoms with Crippen molar-refractivity contribution in [2.45, 2.75) is 40.2 Å². The molecule has 30 heavy (non-hydrogen) atoms. The number of hydrogen-bond donors (Lipinski definition) is 0. The highest BCUT2D eigenvalue weighted by Gasteiger charge is 2.15. The molecule has 0 fully saturated rings. The lowest BCUT2D eigenvalue weighted by atomic mass is 10.1. The van der Waals surface area contributed by atoms with E-state index in [2.05, 4.69) is 11.9 Å². The molecule has 3 rings (SSSR count). The van der Waals surface area contributed by atoms with Crippen molar-refractivity contribution >= 4 is 33.4 Å². The lowest BCUT2D eigenvalue weighted by Gasteiger charge is -2.07. The highest BCUT2D eigenvalue weighted by atomic mass is 32.1. The van der Waals surface area contributed by atoms with Crippen LogP contribution in [0.3, 0.4) is 0 Å². The number of carbonyl (C=O) groups is 2. The first-order valence-electron chi connectivity index (χ1n) is 9.92. The number of amides is 1. The summed E-state index contributed by atoms with van der Waals surface area (Å²) in [5.74, 6) is -0.125. The second-order valence-corrected chi connectivity index (χ2v) is 8.13. The van der Waals surface area contributed by atoms with Gasteiger partial charge in [-0.25, -0.2) is 0 Å². The highest BCUT2D eigenvalue weighted by Crippen LogP contribution is 2.23. The number of aryl methyl sites for hydroxylation is 2. The molecule has 0 N–H and O–H groups in total. The Kier molecular flexibility index (Phi) is 7.05. The van der Waals surface area contributed by atoms with Gasteiger partial charge in [0.1, 0.15) is 12.3 Å². The third kappa shape index (κ3) is 4.97. The lowest BCUT2D eigenvalue weighted by molar-refractivity contribution is -0.141. The van der Waals surface area contributed by atoms with Gasteiger partial charge in [0.15, 0.2) is 4.80 Å². The van der Waals surface area contributed by atoms with Crippen LogP contribution >= 0.6 is 11.3 Å². The van der Waals surface area contributed by atoms with Gasteiger partial charge in [0.05, 0.1) is 23.9 Å². The Morgan fingerprint density at radius 3 is 2.70 bits per heavy atom. The van der Waals surface area contributed by atoms with Gasteiger partial charge in [-0.05, 0) is 55.7 Å². The van der Waals surface area contributed by atoms with Crippen LogP contribution in [0.2, 0.25) is 0 Å². The number of nitrogens with zero attached hydrogens (tertiary/aromatic N) is 2. The molecular weight excluding hydrogens is 400 g/mol. The quantitative estimate of drug-likeness (QED) is 0.414. The third-order valence-corrected chi connectivity index (χ3v) is 5.70. The maximum absolute atomic E-state index is 12.9. The second-order valence-electron chi connectivity index (χ2n) is 7.12. The van der Waals surface area contributed by atoms with Crippen molar-refractivity contribution in [2.24, 2.45) is 4.99 Å². The number of hydrogen-bond acceptors (Lipinski definition) is 5. The minimum atomic E-state index is -0.394. The molecule has 0 aliphatic rings. The Morgan fingerprint density at radius 1 is 1.17 bits per heavy atom. The minimum Gasteiger partial charge on any atom is -0.494 e. The topological polar surface area (TPSA) is 69.9 Å². The maximum Gasteiger partial charge on any atom is 0.325 e. The van der Waals surface area contributed by atoms with Crippen LogP contribution in [-0.4, -0.2) is 30.2 Å². The first kappa shape index (κ1) is 21.8. The van der Waals surface area contributed by atoms with Gasteiger partial charge in [0.2, 0.25) is 0 Å². The Balaban J connectivity index is 2.03. The summed E-state index contributed by atoms with van der Waals surface area (Å²) in [6, 6.07) is 11.1. The average Bonchev–Trinajstić information content (AvgIpc) is 3.05. The molecule has 1 aromatic heterocycles. The minimum absolute atomic E-state index is 0.00726. The molecule has 0 atom stereocenters. The van der Waals surface area contributed by atoms with E-state index in [0.29, 0.717) is 22.7 Å². The number of unbranched alkanes of at least 4 members (excludes halogenated alkanes) is 1. The molecule has 0 spiro atoms. The number of fused-ring (bicyclic) bond motifs is 1. The van der Waals surface area contributed by atoms with Gasteiger partial charge in [0.25, 0.3) is 5.91 Å². The molecule has 0 aliphatic heterocycles. The summed E-state index contributed by atoms with van der Waals surface area (Å²) in [7, 11) is 1.35. The zero-order valence-electron chi connectivity index (χ0n) is 17.7. The van der Waals surface area contributed by atoms with E-state index in [9.17, 15) is 9.59 Å². The van der Waals surface area contributed by atoms with Gasteiger partial charge in [0, 0.05) is 5.56 Å². The second kappa shape index (κ2) is 9.71. The van der Waals surface area contributed by atoms with Crippen LogP contribution in [0.25, 0.3) is 10.2 Å². The van der Waals surface area contributed by atoms with Crippen LogP contribution in [0, 0.1) is 13.8 Å². The van der Waals surface area contributed by atoms with E-state index in [-0.39, 0.29) is 12.5 Å². The van der Waals surface area contributed by atoms with Crippen molar-refractivity contribution in [3.8, 4) is 5.75 Å². The van der Waals surface area contributed by atoms with Gasteiger partial charge in [-0.1, -0.05) is 36.8 Å². The van der Waals surface area contributed by atoms with Crippen molar-refractivity contribution in [1.29, 1.82) is 0 Å². The summed E-state index contributed by atoms with van der Waals surface area (Å²) in [5, 5.41) is 0. The molecule has 7 heteroatoms. The zero-order valence-corrected chi connectivity index (χ0v) is 18.5. The molecule has 1 amide bonds. The van der Waals surface area contributed by atoms with Crippen LogP contribution in [-0.2, 0) is 16.1 Å². The van der Waals surface area contributed by atoms with E-state index < -0.39 is 5.97 Å². The van der Waals surface area contributed by atoms with Crippen LogP contribution in [0.4, 0.5) is 0 Å². The first-order chi connectivity index (χ1) is 14.4. The van der Waals surface area contributed by atoms with E-state index in [0.717, 1.165) is 34.2 Å². The van der Waals surface area contributed by atoms with Crippen LogP contribution in [0.1, 0.15) is 41.3 Å². The van der Waals surface area contributed by atoms with E-state index in [1.54, 1.807) is 22.8 Å². The van der Waals surface area contributed by atoms with Crippen molar-refractivity contribution in [3.05, 3.63) is 57.9 Å². The number of rotatable bonds is 7. The Bertz CT molecular complexity index is 1140. The highest BCUT2D eigenvalue weighted by molar-refractivity contribution is 7.16. The van der Waals surface area contributed by atoms with Gasteiger partial charge in [-0.15, -0.1) is 0 Å². The monoisotopic (exact) mass is 426 g/mol. The molecule has 0 bridgehead atoms. The van der Waals surface area contributed by atoms with Gasteiger partial charge in [-0.3, -0.25) is 9.59 Å². The van der Waals surface area contributed by atoms with Crippen molar-refractivity contribution in [1.82, 2.24) is 4.57 Å². The molecule has 1 heterocycles. The largest absolute Gasteiger partial charge is 0.494 e. The summed E-state index contributed by atoms with van der Waals surface area (Å²) in [5.41, 5.74) is 3.46. The van der Waals surface area contributed by atoms with E-state index in [1.165, 1.54) is 18.4 Å². The van der Waals surface area contributed by atoms with Crippen molar-refractivity contribution in [3.63, 3.8) is 0 Å². The van der Waals surface area contributed by atoms with Crippen LogP contribution in [0.5, 0.6) is 5.75 Å². The zero-order chi connectivity index (χ0) is 21.7. The number of ether oxygens (including phenoxy) is 2. The molecule has 0 aliphatic carbocycles. The van der Waals surface area contributed by atoms with Crippen molar-refractivity contribution in [2.75, 3.05) is 13.7 Å². The Labute approximate surface area is 179 Å². The summed E-state index contributed by atoms with van der Waals surface area (Å²) in [6.07, 6.45) is 2.00. The number of esters is 1. The fraction of sp³-hybridized carbons (Fsp3) is 0.348. The van der Waals surface area contributed by atoms with Crippen molar-refractivity contribution < 1.29 is 19.1 Å². The molecule has 3 aromatic rings. The smallest absolute Gasteiger partial charge is 0.325 e. The van der Waals surface area contributed by atoms with E-state index in [1.807, 2.05) is 32.0 Å². The summed E-state index contributed by atoms with van der Waals surface area (Å²) in [6.45, 7) is 6.70. The van der Waals surface area contributed by atoms with Gasteiger partial charge in [-0.2, -0.15) is 4.99 Å². The van der Waals surface area contributed by atoms with E-state index in [4.69, 9.17) is 9.47 Å². The number of aromatic nitrogens is 1. The summed E-state index contributed by atoms with van der Waals surface area (Å²) in [4.78, 5) is 29.7.